The summed E-state index contributed by atoms with van der Waals surface area (Å²) in [6, 6.07) is 0. The molecule has 0 bridgehead atoms. The van der Waals surface area contributed by atoms with E-state index in [1.165, 1.54) is 9.80 Å². The predicted molar refractivity (Wildman–Crippen MR) is 149 cm³/mol. The van der Waals surface area contributed by atoms with Gasteiger partial charge in [0, 0.05) is 29.7 Å². The maximum Gasteiger partial charge on any atom is 0.256 e. The van der Waals surface area contributed by atoms with E-state index < -0.39 is 11.8 Å². The average molecular weight is 824 g/mol. The van der Waals surface area contributed by atoms with Crippen molar-refractivity contribution < 1.29 is 34.8 Å². The van der Waals surface area contributed by atoms with Gasteiger partial charge in [-0.1, -0.05) is 0 Å². The van der Waals surface area contributed by atoms with Crippen LogP contribution in [0, 0.1) is 10.7 Å². The van der Waals surface area contributed by atoms with E-state index in [9.17, 15) is 34.8 Å². The van der Waals surface area contributed by atoms with Crippen LogP contribution in [0.3, 0.4) is 0 Å². The first-order valence-corrected chi connectivity index (χ1v) is 13.5. The molecule has 33 heavy (non-hydrogen) atoms. The Morgan fingerprint density at radius 2 is 1.09 bits per heavy atom. The second kappa shape index (κ2) is 15.8. The van der Waals surface area contributed by atoms with Crippen LogP contribution < -0.4 is 5.32 Å². The molecule has 2 amide bonds. The number of benzene rings is 1. The number of rotatable bonds is 14. The maximum absolute atomic E-state index is 13.4. The highest BCUT2D eigenvalue weighted by Crippen LogP contribution is 2.37. The summed E-state index contributed by atoms with van der Waals surface area (Å²) in [5, 5.41) is 40.4. The lowest BCUT2D eigenvalue weighted by molar-refractivity contribution is -0.115. The van der Waals surface area contributed by atoms with Gasteiger partial charge in [-0.05, 0) is 67.8 Å². The first-order chi connectivity index (χ1) is 15.7. The van der Waals surface area contributed by atoms with Gasteiger partial charge in [-0.2, -0.15) is 0 Å². The SMILES string of the molecule is O=C(CCl)CNc1c(I)c(C(=O)N(CCO)CCO)c(I)c(C(=O)N(CCO)CCO)c1I. The van der Waals surface area contributed by atoms with Crippen molar-refractivity contribution in [1.82, 2.24) is 9.80 Å². The molecule has 0 aliphatic carbocycles. The lowest BCUT2D eigenvalue weighted by Crippen LogP contribution is -2.39. The van der Waals surface area contributed by atoms with E-state index in [2.05, 4.69) is 5.32 Å². The Morgan fingerprint density at radius 3 is 1.39 bits per heavy atom. The Bertz CT molecular complexity index is 793. The number of aliphatic hydroxyl groups excluding tert-OH is 4. The Balaban J connectivity index is 3.76. The van der Waals surface area contributed by atoms with Crippen LogP contribution >= 0.6 is 79.4 Å². The van der Waals surface area contributed by atoms with E-state index in [0.717, 1.165) is 0 Å². The van der Waals surface area contributed by atoms with E-state index in [4.69, 9.17) is 11.6 Å². The molecule has 0 spiro atoms. The summed E-state index contributed by atoms with van der Waals surface area (Å²) in [5.41, 5.74) is 0.744. The number of hydrogen-bond acceptors (Lipinski definition) is 8. The van der Waals surface area contributed by atoms with E-state index in [0.29, 0.717) is 16.4 Å². The first-order valence-electron chi connectivity index (χ1n) is 9.73. The summed E-state index contributed by atoms with van der Waals surface area (Å²) >= 11 is 11.4. The number of hydrogen-bond donors (Lipinski definition) is 5. The van der Waals surface area contributed by atoms with Gasteiger partial charge in [-0.25, -0.2) is 0 Å². The third-order valence-electron chi connectivity index (χ3n) is 4.41. The first kappa shape index (κ1) is 31.0. The molecule has 1 aromatic rings. The maximum atomic E-state index is 13.4. The molecule has 0 saturated heterocycles. The van der Waals surface area contributed by atoms with E-state index in [1.807, 2.05) is 67.8 Å². The highest BCUT2D eigenvalue weighted by molar-refractivity contribution is 14.1. The van der Waals surface area contributed by atoms with Gasteiger partial charge >= 0.3 is 0 Å². The van der Waals surface area contributed by atoms with Crippen molar-refractivity contribution in [3.63, 3.8) is 0 Å². The Hall–Kier alpha value is -0.0500. The standard InChI is InChI=1S/C19H25ClI3N3O7/c20-9-11(31)10-24-17-15(22)12(18(32)25(1-5-27)2-6-28)14(21)13(16(17)23)19(33)26(3-7-29)4-8-30/h24,27-30H,1-10H2. The number of anilines is 1. The van der Waals surface area contributed by atoms with Crippen LogP contribution in [-0.2, 0) is 4.79 Å². The minimum atomic E-state index is -0.500. The van der Waals surface area contributed by atoms with E-state index >= 15 is 0 Å². The lowest BCUT2D eigenvalue weighted by Gasteiger charge is -2.27. The summed E-state index contributed by atoms with van der Waals surface area (Å²) < 4.78 is 1.26. The molecule has 0 atom stereocenters. The fourth-order valence-corrected chi connectivity index (χ4v) is 7.42. The van der Waals surface area contributed by atoms with Crippen LogP contribution in [0.4, 0.5) is 5.69 Å². The molecule has 1 rings (SSSR count). The highest BCUT2D eigenvalue weighted by Gasteiger charge is 2.31. The fraction of sp³-hybridized carbons (Fsp3) is 0.526. The van der Waals surface area contributed by atoms with Crippen LogP contribution in [0.15, 0.2) is 0 Å². The van der Waals surface area contributed by atoms with Gasteiger partial charge in [-0.15, -0.1) is 11.6 Å². The molecule has 10 nitrogen and oxygen atoms in total. The number of nitrogens with zero attached hydrogens (tertiary/aromatic N) is 2. The third-order valence-corrected chi connectivity index (χ3v) is 7.94. The molecule has 0 fully saturated rings. The van der Waals surface area contributed by atoms with Crippen molar-refractivity contribution in [2.24, 2.45) is 0 Å². The van der Waals surface area contributed by atoms with E-state index in [1.54, 1.807) is 0 Å². The quantitative estimate of drug-likeness (QED) is 0.135. The summed E-state index contributed by atoms with van der Waals surface area (Å²) in [6.45, 7) is -1.45. The van der Waals surface area contributed by atoms with Crippen molar-refractivity contribution in [2.45, 2.75) is 0 Å². The number of carbonyl (C=O) groups excluding carboxylic acids is 3. The molecule has 14 heteroatoms. The molecule has 0 saturated carbocycles. The Kier molecular flexibility index (Phi) is 14.9. The summed E-state index contributed by atoms with van der Waals surface area (Å²) in [5.74, 6) is -1.49. The summed E-state index contributed by atoms with van der Waals surface area (Å²) in [4.78, 5) is 41.1. The molecular formula is C19H25ClI3N3O7. The molecular weight excluding hydrogens is 798 g/mol. The van der Waals surface area contributed by atoms with E-state index in [-0.39, 0.29) is 81.9 Å². The van der Waals surface area contributed by atoms with Gasteiger partial charge < -0.3 is 35.5 Å². The zero-order valence-corrected chi connectivity index (χ0v) is 24.7. The van der Waals surface area contributed by atoms with Crippen LogP contribution in [0.2, 0.25) is 0 Å². The monoisotopic (exact) mass is 823 g/mol. The third kappa shape index (κ3) is 8.25. The van der Waals surface area contributed by atoms with Crippen molar-refractivity contribution in [3.8, 4) is 0 Å². The number of carbonyl (C=O) groups is 3. The van der Waals surface area contributed by atoms with Crippen LogP contribution in [0.25, 0.3) is 0 Å². The Morgan fingerprint density at radius 1 is 0.727 bits per heavy atom. The number of aliphatic hydroxyl groups is 4. The molecule has 0 aliphatic rings. The number of amides is 2. The van der Waals surface area contributed by atoms with Crippen LogP contribution in [0.5, 0.6) is 0 Å². The number of halogens is 4. The number of Topliss-reactive ketones (excluding diaryl/α,β-unsaturated/α-hetero) is 1. The predicted octanol–water partition coefficient (Wildman–Crippen LogP) is 0.574. The van der Waals surface area contributed by atoms with Gasteiger partial charge in [0.25, 0.3) is 11.8 Å². The largest absolute Gasteiger partial charge is 0.395 e. The van der Waals surface area contributed by atoms with Gasteiger partial charge in [0.05, 0.1) is 62.8 Å². The van der Waals surface area contributed by atoms with Gasteiger partial charge in [-0.3, -0.25) is 14.4 Å². The Labute approximate surface area is 237 Å². The van der Waals surface area contributed by atoms with Crippen LogP contribution in [-0.4, -0.2) is 113 Å². The zero-order valence-electron chi connectivity index (χ0n) is 17.5. The molecule has 0 heterocycles. The second-order valence-electron chi connectivity index (χ2n) is 6.57. The van der Waals surface area contributed by atoms with Crippen molar-refractivity contribution >= 4 is 103 Å². The van der Waals surface area contributed by atoms with Crippen molar-refractivity contribution in [3.05, 3.63) is 21.8 Å². The van der Waals surface area contributed by atoms with Crippen molar-refractivity contribution in [2.75, 3.05) is 70.3 Å². The second-order valence-corrected chi connectivity index (χ2v) is 10.1. The smallest absolute Gasteiger partial charge is 0.256 e. The summed E-state index contributed by atoms with van der Waals surface area (Å²) in [6.07, 6.45) is 0. The fourth-order valence-electron chi connectivity index (χ4n) is 2.86. The van der Waals surface area contributed by atoms with Gasteiger partial charge in [0.15, 0.2) is 5.78 Å². The normalized spacial score (nSPS) is 10.8. The molecule has 0 aliphatic heterocycles. The highest BCUT2D eigenvalue weighted by atomic mass is 127. The van der Waals surface area contributed by atoms with Crippen LogP contribution in [0.1, 0.15) is 20.7 Å². The molecule has 0 radical (unpaired) electrons. The van der Waals surface area contributed by atoms with Gasteiger partial charge in [0.2, 0.25) is 0 Å². The number of nitrogens with one attached hydrogen (secondary N) is 1. The summed E-state index contributed by atoms with van der Waals surface area (Å²) in [7, 11) is 0. The topological polar surface area (TPSA) is 151 Å². The zero-order chi connectivity index (χ0) is 25.1. The van der Waals surface area contributed by atoms with Crippen molar-refractivity contribution in [1.29, 1.82) is 0 Å². The number of alkyl halides is 1. The molecule has 5 N–H and O–H groups in total. The minimum Gasteiger partial charge on any atom is -0.395 e. The molecule has 1 aromatic carbocycles. The average Bonchev–Trinajstić information content (AvgIpc) is 2.78. The molecule has 0 aromatic heterocycles. The number of ketones is 1. The molecule has 0 unspecified atom stereocenters. The minimum absolute atomic E-state index is 0.0184. The molecule has 186 valence electrons. The lowest BCUT2D eigenvalue weighted by atomic mass is 10.1. The van der Waals surface area contributed by atoms with Gasteiger partial charge in [0.1, 0.15) is 0 Å².